The molecule has 1 aromatic rings. The van der Waals surface area contributed by atoms with E-state index in [2.05, 4.69) is 11.8 Å². The fraction of sp³-hybridized carbons (Fsp3) is 0.533. The molecule has 0 amide bonds. The summed E-state index contributed by atoms with van der Waals surface area (Å²) in [5.74, 6) is -1.90. The van der Waals surface area contributed by atoms with Gasteiger partial charge in [-0.2, -0.15) is 0 Å². The van der Waals surface area contributed by atoms with Gasteiger partial charge in [-0.1, -0.05) is 6.92 Å². The zero-order chi connectivity index (χ0) is 15.6. The predicted molar refractivity (Wildman–Crippen MR) is 81.3 cm³/mol. The van der Waals surface area contributed by atoms with Gasteiger partial charge in [0.05, 0.1) is 11.4 Å². The third-order valence-electron chi connectivity index (χ3n) is 4.19. The van der Waals surface area contributed by atoms with Crippen LogP contribution in [0.15, 0.2) is 12.1 Å². The number of anilines is 2. The van der Waals surface area contributed by atoms with E-state index in [1.54, 1.807) is 0 Å². The topological polar surface area (TPSA) is 69.8 Å². The predicted octanol–water partition coefficient (Wildman–Crippen LogP) is 2.03. The number of benzene rings is 1. The Morgan fingerprint density at radius 1 is 1.57 bits per heavy atom. The summed E-state index contributed by atoms with van der Waals surface area (Å²) >= 11 is 0. The van der Waals surface area contributed by atoms with E-state index < -0.39 is 11.8 Å². The molecule has 0 aliphatic carbocycles. The van der Waals surface area contributed by atoms with Crippen molar-refractivity contribution in [1.29, 1.82) is 0 Å². The lowest BCUT2D eigenvalue weighted by Gasteiger charge is -2.30. The van der Waals surface area contributed by atoms with Crippen LogP contribution in [0.25, 0.3) is 0 Å². The Hall–Kier alpha value is -1.82. The van der Waals surface area contributed by atoms with Crippen LogP contribution in [0.5, 0.6) is 0 Å². The first-order chi connectivity index (χ1) is 9.95. The van der Waals surface area contributed by atoms with Gasteiger partial charge >= 0.3 is 5.97 Å². The number of carbonyl (C=O) groups is 1. The summed E-state index contributed by atoms with van der Waals surface area (Å²) in [7, 11) is 1.82. The van der Waals surface area contributed by atoms with Gasteiger partial charge in [0.25, 0.3) is 0 Å². The Bertz CT molecular complexity index is 536. The molecular weight excluding hydrogens is 273 g/mol. The van der Waals surface area contributed by atoms with Crippen LogP contribution in [-0.2, 0) is 0 Å². The summed E-state index contributed by atoms with van der Waals surface area (Å²) in [6.07, 6.45) is 2.25. The molecule has 0 saturated carbocycles. The minimum absolute atomic E-state index is 0.154. The second-order valence-electron chi connectivity index (χ2n) is 5.47. The highest BCUT2D eigenvalue weighted by molar-refractivity contribution is 6.00. The fourth-order valence-electron chi connectivity index (χ4n) is 3.06. The van der Waals surface area contributed by atoms with Crippen LogP contribution in [0, 0.1) is 5.82 Å². The number of hydrogen-bond acceptors (Lipinski definition) is 4. The van der Waals surface area contributed by atoms with Crippen LogP contribution in [0.3, 0.4) is 0 Å². The number of carboxylic acids is 1. The van der Waals surface area contributed by atoms with Crippen LogP contribution in [-0.4, -0.2) is 48.7 Å². The van der Waals surface area contributed by atoms with Crippen molar-refractivity contribution in [2.24, 2.45) is 0 Å². The van der Waals surface area contributed by atoms with Gasteiger partial charge in [0, 0.05) is 19.6 Å². The zero-order valence-electron chi connectivity index (χ0n) is 12.5. The van der Waals surface area contributed by atoms with E-state index in [-0.39, 0.29) is 11.3 Å². The van der Waals surface area contributed by atoms with Gasteiger partial charge in [-0.3, -0.25) is 4.90 Å². The van der Waals surface area contributed by atoms with Gasteiger partial charge in [0.1, 0.15) is 11.4 Å². The number of nitrogen functional groups attached to an aromatic ring is 1. The summed E-state index contributed by atoms with van der Waals surface area (Å²) in [5, 5.41) is 9.30. The highest BCUT2D eigenvalue weighted by Gasteiger charge is 2.26. The highest BCUT2D eigenvalue weighted by Crippen LogP contribution is 2.29. The number of rotatable bonds is 5. The summed E-state index contributed by atoms with van der Waals surface area (Å²) in [5.41, 5.74) is 5.60. The van der Waals surface area contributed by atoms with Crippen molar-refractivity contribution >= 4 is 17.3 Å². The Morgan fingerprint density at radius 3 is 2.90 bits per heavy atom. The van der Waals surface area contributed by atoms with E-state index in [0.29, 0.717) is 18.3 Å². The second kappa shape index (κ2) is 6.30. The van der Waals surface area contributed by atoms with E-state index in [1.807, 2.05) is 11.9 Å². The molecule has 2 rings (SSSR count). The first kappa shape index (κ1) is 15.6. The quantitative estimate of drug-likeness (QED) is 0.813. The van der Waals surface area contributed by atoms with Gasteiger partial charge in [-0.25, -0.2) is 9.18 Å². The van der Waals surface area contributed by atoms with E-state index in [1.165, 1.54) is 12.1 Å². The van der Waals surface area contributed by atoms with E-state index in [9.17, 15) is 14.3 Å². The molecule has 1 aliphatic rings. The second-order valence-corrected chi connectivity index (χ2v) is 5.47. The fourth-order valence-corrected chi connectivity index (χ4v) is 3.06. The van der Waals surface area contributed by atoms with Crippen LogP contribution in [0.2, 0.25) is 0 Å². The molecule has 1 aromatic carbocycles. The van der Waals surface area contributed by atoms with E-state index in [4.69, 9.17) is 5.73 Å². The number of nitrogens with two attached hydrogens (primary N) is 1. The van der Waals surface area contributed by atoms with Gasteiger partial charge in [-0.15, -0.1) is 0 Å². The van der Waals surface area contributed by atoms with Crippen LogP contribution in [0.4, 0.5) is 15.8 Å². The lowest BCUT2D eigenvalue weighted by molar-refractivity contribution is 0.0698. The van der Waals surface area contributed by atoms with Crippen molar-refractivity contribution in [3.63, 3.8) is 0 Å². The Labute approximate surface area is 124 Å². The largest absolute Gasteiger partial charge is 0.478 e. The molecule has 1 atom stereocenters. The number of halogens is 1. The molecule has 116 valence electrons. The third kappa shape index (κ3) is 3.10. The SMILES string of the molecule is CCN1CCCC1CN(C)c1ccc(F)c(N)c1C(=O)O. The van der Waals surface area contributed by atoms with Gasteiger partial charge in [0.2, 0.25) is 0 Å². The highest BCUT2D eigenvalue weighted by atomic mass is 19.1. The van der Waals surface area contributed by atoms with Crippen molar-refractivity contribution in [2.75, 3.05) is 37.3 Å². The molecule has 3 N–H and O–H groups in total. The third-order valence-corrected chi connectivity index (χ3v) is 4.19. The van der Waals surface area contributed by atoms with Crippen LogP contribution < -0.4 is 10.6 Å². The number of carboxylic acid groups (broad SMARTS) is 1. The van der Waals surface area contributed by atoms with Crippen molar-refractivity contribution in [3.8, 4) is 0 Å². The van der Waals surface area contributed by atoms with Crippen molar-refractivity contribution in [1.82, 2.24) is 4.90 Å². The number of aromatic carboxylic acids is 1. The van der Waals surface area contributed by atoms with Crippen LogP contribution >= 0.6 is 0 Å². The molecule has 0 radical (unpaired) electrons. The molecule has 1 unspecified atom stereocenters. The summed E-state index contributed by atoms with van der Waals surface area (Å²) in [6, 6.07) is 3.10. The van der Waals surface area contributed by atoms with E-state index in [0.717, 1.165) is 25.9 Å². The number of likely N-dealkylation sites (tertiary alicyclic amines) is 1. The average molecular weight is 295 g/mol. The average Bonchev–Trinajstić information content (AvgIpc) is 2.88. The number of hydrogen-bond donors (Lipinski definition) is 2. The monoisotopic (exact) mass is 295 g/mol. The maximum absolute atomic E-state index is 13.5. The summed E-state index contributed by atoms with van der Waals surface area (Å²) in [6.45, 7) is 4.89. The minimum atomic E-state index is -1.20. The Morgan fingerprint density at radius 2 is 2.29 bits per heavy atom. The Balaban J connectivity index is 2.25. The normalized spacial score (nSPS) is 18.9. The standard InChI is InChI=1S/C15H22FN3O2/c1-3-19-8-4-5-10(19)9-18(2)12-7-6-11(16)14(17)13(12)15(20)21/h6-7,10H,3-5,8-9,17H2,1-2H3,(H,20,21). The Kier molecular flexibility index (Phi) is 4.67. The minimum Gasteiger partial charge on any atom is -0.478 e. The lowest BCUT2D eigenvalue weighted by atomic mass is 10.1. The molecule has 5 nitrogen and oxygen atoms in total. The summed E-state index contributed by atoms with van der Waals surface area (Å²) < 4.78 is 13.5. The number of likely N-dealkylation sites (N-methyl/N-ethyl adjacent to an activating group) is 2. The van der Waals surface area contributed by atoms with Gasteiger partial charge in [-0.05, 0) is 38.1 Å². The smallest absolute Gasteiger partial charge is 0.340 e. The molecule has 0 spiro atoms. The molecule has 1 fully saturated rings. The van der Waals surface area contributed by atoms with Crippen molar-refractivity contribution in [3.05, 3.63) is 23.5 Å². The van der Waals surface area contributed by atoms with Gasteiger partial charge < -0.3 is 15.7 Å². The van der Waals surface area contributed by atoms with Crippen molar-refractivity contribution in [2.45, 2.75) is 25.8 Å². The molecule has 1 heterocycles. The maximum Gasteiger partial charge on any atom is 0.340 e. The molecule has 0 aromatic heterocycles. The van der Waals surface area contributed by atoms with E-state index >= 15 is 0 Å². The molecule has 6 heteroatoms. The first-order valence-corrected chi connectivity index (χ1v) is 7.22. The molecular formula is C15H22FN3O2. The van der Waals surface area contributed by atoms with Crippen LogP contribution in [0.1, 0.15) is 30.1 Å². The molecule has 1 saturated heterocycles. The lowest BCUT2D eigenvalue weighted by Crippen LogP contribution is -2.39. The van der Waals surface area contributed by atoms with Gasteiger partial charge in [0.15, 0.2) is 0 Å². The molecule has 0 bridgehead atoms. The molecule has 1 aliphatic heterocycles. The first-order valence-electron chi connectivity index (χ1n) is 7.22. The maximum atomic E-state index is 13.5. The number of nitrogens with zero attached hydrogens (tertiary/aromatic N) is 2. The van der Waals surface area contributed by atoms with Crippen molar-refractivity contribution < 1.29 is 14.3 Å². The molecule has 21 heavy (non-hydrogen) atoms. The summed E-state index contributed by atoms with van der Waals surface area (Å²) in [4.78, 5) is 15.6. The zero-order valence-corrected chi connectivity index (χ0v) is 12.5.